The fourth-order valence-corrected chi connectivity index (χ4v) is 7.53. The first-order chi connectivity index (χ1) is 25.3. The number of benzene rings is 6. The Bertz CT molecular complexity index is 2540. The van der Waals surface area contributed by atoms with Crippen LogP contribution in [0.25, 0.3) is 27.6 Å². The maximum atomic E-state index is 8.13. The van der Waals surface area contributed by atoms with Crippen LogP contribution < -0.4 is 10.1 Å². The standard InChI is InChI=1S/C44H34N4O/c1-31-26-27-45-43(28-31)47-39-21-10-9-20-37(39)38-25-24-35(30-42(38)47)44(32-14-5-3-6-15-32,33-16-7-4-8-17-33)34-18-13-19-36(29-34)48-41-23-12-11-22-40(41)46(2)49-48/h3-30H,1-2H3/i1D3. The summed E-state index contributed by atoms with van der Waals surface area (Å²) in [5.74, 6) is 0.554. The molecule has 5 nitrogen and oxygen atoms in total. The van der Waals surface area contributed by atoms with Gasteiger partial charge >= 0.3 is 0 Å². The highest BCUT2D eigenvalue weighted by Gasteiger charge is 2.39. The summed E-state index contributed by atoms with van der Waals surface area (Å²) in [5, 5.41) is 5.77. The molecule has 0 amide bonds. The molecule has 0 N–H and O–H groups in total. The van der Waals surface area contributed by atoms with Crippen molar-refractivity contribution in [2.24, 2.45) is 0 Å². The summed E-state index contributed by atoms with van der Waals surface area (Å²) in [5.41, 5.74) is 8.50. The van der Waals surface area contributed by atoms with Crippen molar-refractivity contribution >= 4 is 38.9 Å². The Kier molecular flexibility index (Phi) is 6.08. The quantitative estimate of drug-likeness (QED) is 0.170. The molecule has 2 aromatic heterocycles. The maximum Gasteiger partial charge on any atom is 0.137 e. The predicted molar refractivity (Wildman–Crippen MR) is 200 cm³/mol. The van der Waals surface area contributed by atoms with Gasteiger partial charge in [-0.3, -0.25) is 4.57 Å². The molecule has 236 valence electrons. The molecule has 0 bridgehead atoms. The van der Waals surface area contributed by atoms with Gasteiger partial charge in [0.05, 0.1) is 33.5 Å². The molecule has 1 aliphatic heterocycles. The third-order valence-electron chi connectivity index (χ3n) is 9.65. The minimum absolute atomic E-state index is 0.246. The van der Waals surface area contributed by atoms with Crippen LogP contribution in [-0.4, -0.2) is 16.6 Å². The van der Waals surface area contributed by atoms with Crippen LogP contribution in [0.2, 0.25) is 0 Å². The first-order valence-corrected chi connectivity index (χ1v) is 16.4. The van der Waals surface area contributed by atoms with Gasteiger partial charge in [0.15, 0.2) is 0 Å². The number of nitrogens with zero attached hydrogens (tertiary/aromatic N) is 4. The Labute approximate surface area is 290 Å². The van der Waals surface area contributed by atoms with Crippen LogP contribution in [0.1, 0.15) is 31.9 Å². The zero-order valence-corrected chi connectivity index (χ0v) is 26.9. The number of hydrogen-bond acceptors (Lipinski definition) is 4. The Morgan fingerprint density at radius 2 is 1.22 bits per heavy atom. The average molecular weight is 638 g/mol. The Balaban J connectivity index is 1.35. The van der Waals surface area contributed by atoms with Crippen molar-refractivity contribution in [1.82, 2.24) is 9.55 Å². The number of anilines is 3. The number of pyridine rings is 1. The molecule has 3 heterocycles. The van der Waals surface area contributed by atoms with Gasteiger partial charge in [0.1, 0.15) is 5.82 Å². The van der Waals surface area contributed by atoms with Gasteiger partial charge in [-0.15, -0.1) is 4.94 Å². The topological polar surface area (TPSA) is 33.5 Å². The van der Waals surface area contributed by atoms with Gasteiger partial charge in [-0.2, -0.15) is 5.06 Å². The van der Waals surface area contributed by atoms with Crippen molar-refractivity contribution in [2.75, 3.05) is 17.2 Å². The zero-order valence-electron chi connectivity index (χ0n) is 29.9. The van der Waals surface area contributed by atoms with E-state index in [1.807, 2.05) is 54.6 Å². The Hall–Kier alpha value is -6.17. The number of fused-ring (bicyclic) bond motifs is 4. The summed E-state index contributed by atoms with van der Waals surface area (Å²) >= 11 is 0. The van der Waals surface area contributed by atoms with Crippen molar-refractivity contribution in [1.29, 1.82) is 0 Å². The van der Waals surface area contributed by atoms with E-state index in [0.717, 1.165) is 61.1 Å². The van der Waals surface area contributed by atoms with E-state index in [4.69, 9.17) is 14.0 Å². The smallest absolute Gasteiger partial charge is 0.137 e. The SMILES string of the molecule is [2H]C([2H])([2H])c1ccnc(-n2c3ccccc3c3ccc(C(c4ccccc4)(c4ccccc4)c4cccc(N5ON(C)c6ccccc65)c4)cc32)c1. The lowest BCUT2D eigenvalue weighted by atomic mass is 9.65. The van der Waals surface area contributed by atoms with Crippen molar-refractivity contribution in [3.05, 3.63) is 198 Å². The first-order valence-electron chi connectivity index (χ1n) is 17.9. The summed E-state index contributed by atoms with van der Waals surface area (Å²) < 4.78 is 26.5. The second-order valence-electron chi connectivity index (χ2n) is 12.4. The van der Waals surface area contributed by atoms with Gasteiger partial charge in [0, 0.05) is 28.1 Å². The van der Waals surface area contributed by atoms with Crippen molar-refractivity contribution < 1.29 is 9.05 Å². The second kappa shape index (κ2) is 11.5. The summed E-state index contributed by atoms with van der Waals surface area (Å²) in [6.07, 6.45) is 1.58. The van der Waals surface area contributed by atoms with Crippen LogP contribution in [-0.2, 0) is 10.4 Å². The molecule has 0 atom stereocenters. The molecular formula is C44H34N4O. The highest BCUT2D eigenvalue weighted by Crippen LogP contribution is 2.49. The van der Waals surface area contributed by atoms with Crippen LogP contribution in [0, 0.1) is 6.85 Å². The molecule has 0 spiro atoms. The van der Waals surface area contributed by atoms with Crippen LogP contribution in [0.3, 0.4) is 0 Å². The number of para-hydroxylation sites is 3. The number of hydroxylamine groups is 1. The zero-order chi connectivity index (χ0) is 35.5. The van der Waals surface area contributed by atoms with E-state index >= 15 is 0 Å². The van der Waals surface area contributed by atoms with E-state index in [9.17, 15) is 0 Å². The minimum Gasteiger partial charge on any atom is -0.294 e. The van der Waals surface area contributed by atoms with E-state index in [-0.39, 0.29) is 5.56 Å². The van der Waals surface area contributed by atoms with Crippen LogP contribution in [0.5, 0.6) is 0 Å². The first kappa shape index (κ1) is 25.9. The highest BCUT2D eigenvalue weighted by atomic mass is 16.8. The molecule has 0 saturated heterocycles. The largest absolute Gasteiger partial charge is 0.294 e. The van der Waals surface area contributed by atoms with E-state index in [2.05, 4.69) is 114 Å². The van der Waals surface area contributed by atoms with E-state index in [1.165, 1.54) is 0 Å². The molecule has 0 radical (unpaired) electrons. The molecule has 0 aliphatic carbocycles. The number of hydrogen-bond donors (Lipinski definition) is 0. The fourth-order valence-electron chi connectivity index (χ4n) is 7.53. The summed E-state index contributed by atoms with van der Waals surface area (Å²) in [6.45, 7) is -2.27. The molecule has 9 rings (SSSR count). The van der Waals surface area contributed by atoms with Crippen LogP contribution >= 0.6 is 0 Å². The molecule has 5 heteroatoms. The lowest BCUT2D eigenvalue weighted by Gasteiger charge is -2.37. The monoisotopic (exact) mass is 637 g/mol. The van der Waals surface area contributed by atoms with Crippen molar-refractivity contribution in [2.45, 2.75) is 12.3 Å². The number of aromatic nitrogens is 2. The summed E-state index contributed by atoms with van der Waals surface area (Å²) in [4.78, 5) is 11.0. The third-order valence-corrected chi connectivity index (χ3v) is 9.65. The van der Waals surface area contributed by atoms with E-state index in [1.54, 1.807) is 23.4 Å². The molecule has 0 unspecified atom stereocenters. The summed E-state index contributed by atoms with van der Waals surface area (Å²) in [7, 11) is 1.91. The molecule has 8 aromatic rings. The van der Waals surface area contributed by atoms with Gasteiger partial charge in [-0.1, -0.05) is 115 Å². The van der Waals surface area contributed by atoms with Gasteiger partial charge in [0.25, 0.3) is 0 Å². The van der Waals surface area contributed by atoms with Gasteiger partial charge in [0.2, 0.25) is 0 Å². The number of aryl methyl sites for hydroxylation is 1. The molecular weight excluding hydrogens is 601 g/mol. The molecule has 49 heavy (non-hydrogen) atoms. The average Bonchev–Trinajstić information content (AvgIpc) is 3.70. The Morgan fingerprint density at radius 3 is 2.00 bits per heavy atom. The second-order valence-corrected chi connectivity index (χ2v) is 12.4. The predicted octanol–water partition coefficient (Wildman–Crippen LogP) is 10.3. The molecule has 0 saturated carbocycles. The summed E-state index contributed by atoms with van der Waals surface area (Å²) in [6, 6.07) is 56.1. The van der Waals surface area contributed by atoms with E-state index in [0.29, 0.717) is 5.82 Å². The van der Waals surface area contributed by atoms with Gasteiger partial charge < -0.3 is 0 Å². The van der Waals surface area contributed by atoms with Gasteiger partial charge in [-0.05, 0) is 83.2 Å². The molecule has 0 fully saturated rings. The normalized spacial score (nSPS) is 14.1. The number of rotatable bonds is 6. The van der Waals surface area contributed by atoms with Crippen LogP contribution in [0.4, 0.5) is 17.1 Å². The third kappa shape index (κ3) is 4.55. The highest BCUT2D eigenvalue weighted by molar-refractivity contribution is 6.09. The lowest BCUT2D eigenvalue weighted by molar-refractivity contribution is 0.142. The maximum absolute atomic E-state index is 8.13. The molecule has 1 aliphatic rings. The van der Waals surface area contributed by atoms with Gasteiger partial charge in [-0.25, -0.2) is 10.0 Å². The minimum atomic E-state index is -2.27. The van der Waals surface area contributed by atoms with Crippen molar-refractivity contribution in [3.63, 3.8) is 0 Å². The van der Waals surface area contributed by atoms with E-state index < -0.39 is 12.3 Å². The van der Waals surface area contributed by atoms with Crippen molar-refractivity contribution in [3.8, 4) is 5.82 Å². The lowest BCUT2D eigenvalue weighted by Crippen LogP contribution is -2.31. The Morgan fingerprint density at radius 1 is 0.571 bits per heavy atom. The molecule has 6 aromatic carbocycles. The fraction of sp³-hybridized carbons (Fsp3) is 0.0682. The van der Waals surface area contributed by atoms with Crippen LogP contribution in [0.15, 0.2) is 170 Å².